The van der Waals surface area contributed by atoms with Crippen molar-refractivity contribution in [1.82, 2.24) is 5.32 Å². The van der Waals surface area contributed by atoms with E-state index in [1.54, 1.807) is 0 Å². The largest absolute Gasteiger partial charge is 0.354 e. The average molecular weight is 210 g/mol. The van der Waals surface area contributed by atoms with Crippen molar-refractivity contribution < 1.29 is 4.79 Å². The fourth-order valence-corrected chi connectivity index (χ4v) is 1.50. The summed E-state index contributed by atoms with van der Waals surface area (Å²) in [5, 5.41) is 11.7. The predicted molar refractivity (Wildman–Crippen MR) is 61.1 cm³/mol. The van der Waals surface area contributed by atoms with Crippen LogP contribution in [0.3, 0.4) is 0 Å². The van der Waals surface area contributed by atoms with Crippen molar-refractivity contribution >= 4 is 5.91 Å². The lowest BCUT2D eigenvalue weighted by Crippen LogP contribution is -2.30. The molecule has 0 spiro atoms. The molecule has 1 atom stereocenters. The molecule has 0 aliphatic rings. The van der Waals surface area contributed by atoms with Crippen LogP contribution in [0.1, 0.15) is 47.0 Å². The van der Waals surface area contributed by atoms with Gasteiger partial charge in [0.25, 0.3) is 0 Å². The molecule has 86 valence electrons. The Hall–Kier alpha value is -1.04. The summed E-state index contributed by atoms with van der Waals surface area (Å²) in [5.41, 5.74) is 0. The summed E-state index contributed by atoms with van der Waals surface area (Å²) in [4.78, 5) is 11.3. The van der Waals surface area contributed by atoms with Gasteiger partial charge in [-0.2, -0.15) is 5.26 Å². The number of nitriles is 1. The van der Waals surface area contributed by atoms with E-state index in [-0.39, 0.29) is 17.9 Å². The number of hydrogen-bond acceptors (Lipinski definition) is 2. The van der Waals surface area contributed by atoms with E-state index < -0.39 is 0 Å². The Labute approximate surface area is 92.9 Å². The van der Waals surface area contributed by atoms with E-state index in [0.29, 0.717) is 18.8 Å². The molecule has 1 unspecified atom stereocenters. The molecule has 0 heterocycles. The molecule has 1 amide bonds. The van der Waals surface area contributed by atoms with Gasteiger partial charge in [0.15, 0.2) is 0 Å². The highest BCUT2D eigenvalue weighted by atomic mass is 16.1. The van der Waals surface area contributed by atoms with Crippen molar-refractivity contribution in [3.05, 3.63) is 0 Å². The number of nitrogens with one attached hydrogen (secondary N) is 1. The van der Waals surface area contributed by atoms with E-state index in [0.717, 1.165) is 6.42 Å². The number of amides is 1. The summed E-state index contributed by atoms with van der Waals surface area (Å²) in [6, 6.07) is 2.45. The third-order valence-corrected chi connectivity index (χ3v) is 2.11. The molecule has 3 heteroatoms. The van der Waals surface area contributed by atoms with Crippen molar-refractivity contribution in [3.8, 4) is 6.07 Å². The van der Waals surface area contributed by atoms with Gasteiger partial charge in [-0.3, -0.25) is 4.79 Å². The number of carbonyl (C=O) groups excluding carboxylic acids is 1. The molecule has 15 heavy (non-hydrogen) atoms. The Morgan fingerprint density at radius 2 is 1.93 bits per heavy atom. The van der Waals surface area contributed by atoms with Crippen LogP contribution in [0, 0.1) is 23.2 Å². The zero-order chi connectivity index (χ0) is 11.8. The van der Waals surface area contributed by atoms with E-state index >= 15 is 0 Å². The van der Waals surface area contributed by atoms with Crippen LogP contribution in [0.2, 0.25) is 0 Å². The van der Waals surface area contributed by atoms with Gasteiger partial charge in [0.05, 0.1) is 6.07 Å². The third kappa shape index (κ3) is 7.99. The summed E-state index contributed by atoms with van der Waals surface area (Å²) >= 11 is 0. The summed E-state index contributed by atoms with van der Waals surface area (Å²) < 4.78 is 0. The minimum absolute atomic E-state index is 0.0166. The van der Waals surface area contributed by atoms with Crippen molar-refractivity contribution in [1.29, 1.82) is 5.26 Å². The molecule has 0 fully saturated rings. The molecular weight excluding hydrogens is 188 g/mol. The van der Waals surface area contributed by atoms with Crippen LogP contribution in [0.5, 0.6) is 0 Å². The maximum absolute atomic E-state index is 11.3. The monoisotopic (exact) mass is 210 g/mol. The van der Waals surface area contributed by atoms with E-state index in [2.05, 4.69) is 25.2 Å². The molecule has 0 aliphatic carbocycles. The first kappa shape index (κ1) is 14.0. The molecule has 0 aromatic heterocycles. The van der Waals surface area contributed by atoms with Gasteiger partial charge in [-0.25, -0.2) is 0 Å². The Balaban J connectivity index is 3.81. The second-order valence-corrected chi connectivity index (χ2v) is 4.72. The molecule has 0 rings (SSSR count). The number of nitrogens with zero attached hydrogens (tertiary/aromatic N) is 1. The zero-order valence-corrected chi connectivity index (χ0v) is 10.2. The highest BCUT2D eigenvalue weighted by Gasteiger charge is 2.12. The lowest BCUT2D eigenvalue weighted by atomic mass is 9.94. The minimum Gasteiger partial charge on any atom is -0.354 e. The van der Waals surface area contributed by atoms with Crippen molar-refractivity contribution in [2.45, 2.75) is 53.0 Å². The second kappa shape index (κ2) is 7.28. The third-order valence-electron chi connectivity index (χ3n) is 2.11. The Morgan fingerprint density at radius 3 is 2.33 bits per heavy atom. The summed E-state index contributed by atoms with van der Waals surface area (Å²) in [6.45, 7) is 8.07. The molecule has 3 nitrogen and oxygen atoms in total. The lowest BCUT2D eigenvalue weighted by molar-refractivity contribution is -0.121. The maximum atomic E-state index is 11.3. The van der Waals surface area contributed by atoms with E-state index in [1.807, 2.05) is 13.8 Å². The predicted octanol–water partition coefficient (Wildman–Crippen LogP) is 2.48. The highest BCUT2D eigenvalue weighted by Crippen LogP contribution is 2.16. The highest BCUT2D eigenvalue weighted by molar-refractivity contribution is 5.76. The fourth-order valence-electron chi connectivity index (χ4n) is 1.50. The molecule has 0 aromatic rings. The van der Waals surface area contributed by atoms with Crippen LogP contribution in [0.15, 0.2) is 0 Å². The molecule has 0 bridgehead atoms. The van der Waals surface area contributed by atoms with Crippen LogP contribution in [-0.4, -0.2) is 11.9 Å². The van der Waals surface area contributed by atoms with Gasteiger partial charge < -0.3 is 5.32 Å². The van der Waals surface area contributed by atoms with Crippen LogP contribution in [0.25, 0.3) is 0 Å². The van der Waals surface area contributed by atoms with Gasteiger partial charge in [0.1, 0.15) is 0 Å². The number of carbonyl (C=O) groups is 1. The molecule has 0 aliphatic heterocycles. The number of hydrogen-bond donors (Lipinski definition) is 1. The molecule has 0 saturated carbocycles. The van der Waals surface area contributed by atoms with Gasteiger partial charge in [-0.1, -0.05) is 13.8 Å². The van der Waals surface area contributed by atoms with Gasteiger partial charge in [0, 0.05) is 18.4 Å². The topological polar surface area (TPSA) is 52.9 Å². The van der Waals surface area contributed by atoms with Gasteiger partial charge in [-0.05, 0) is 32.6 Å². The quantitative estimate of drug-likeness (QED) is 0.732. The molecule has 0 radical (unpaired) electrons. The van der Waals surface area contributed by atoms with E-state index in [9.17, 15) is 4.79 Å². The van der Waals surface area contributed by atoms with Crippen molar-refractivity contribution in [2.75, 3.05) is 0 Å². The molecular formula is C12H22N2O. The van der Waals surface area contributed by atoms with Gasteiger partial charge in [-0.15, -0.1) is 0 Å². The fraction of sp³-hybridized carbons (Fsp3) is 0.833. The first-order chi connectivity index (χ1) is 6.95. The minimum atomic E-state index is 0.0166. The zero-order valence-electron chi connectivity index (χ0n) is 10.2. The normalized spacial score (nSPS) is 12.6. The van der Waals surface area contributed by atoms with Gasteiger partial charge in [0.2, 0.25) is 5.91 Å². The van der Waals surface area contributed by atoms with E-state index in [4.69, 9.17) is 5.26 Å². The van der Waals surface area contributed by atoms with E-state index in [1.165, 1.54) is 0 Å². The van der Waals surface area contributed by atoms with Crippen LogP contribution < -0.4 is 5.32 Å². The Bertz CT molecular complexity index is 228. The molecule has 0 saturated heterocycles. The summed E-state index contributed by atoms with van der Waals surface area (Å²) in [5.74, 6) is 0.583. The smallest absolute Gasteiger partial charge is 0.220 e. The van der Waals surface area contributed by atoms with Crippen LogP contribution >= 0.6 is 0 Å². The average Bonchev–Trinajstić information content (AvgIpc) is 2.10. The second-order valence-electron chi connectivity index (χ2n) is 4.72. The summed E-state index contributed by atoms with van der Waals surface area (Å²) in [6.07, 6.45) is 2.02. The Kier molecular flexibility index (Phi) is 6.77. The molecule has 1 N–H and O–H groups in total. The SMILES string of the molecule is CC(C)CC(C#N)CCC(=O)NC(C)C. The van der Waals surface area contributed by atoms with Gasteiger partial charge >= 0.3 is 0 Å². The number of rotatable bonds is 6. The maximum Gasteiger partial charge on any atom is 0.220 e. The lowest BCUT2D eigenvalue weighted by Gasteiger charge is -2.12. The Morgan fingerprint density at radius 1 is 1.33 bits per heavy atom. The summed E-state index contributed by atoms with van der Waals surface area (Å²) in [7, 11) is 0. The molecule has 0 aromatic carbocycles. The van der Waals surface area contributed by atoms with Crippen molar-refractivity contribution in [3.63, 3.8) is 0 Å². The standard InChI is InChI=1S/C12H22N2O/c1-9(2)7-11(8-13)5-6-12(15)14-10(3)4/h9-11H,5-7H2,1-4H3,(H,14,15). The van der Waals surface area contributed by atoms with Crippen molar-refractivity contribution in [2.24, 2.45) is 11.8 Å². The first-order valence-electron chi connectivity index (χ1n) is 5.64. The van der Waals surface area contributed by atoms with Crippen LogP contribution in [-0.2, 0) is 4.79 Å². The van der Waals surface area contributed by atoms with Crippen LogP contribution in [0.4, 0.5) is 0 Å². The first-order valence-corrected chi connectivity index (χ1v) is 5.64.